The van der Waals surface area contributed by atoms with E-state index in [1.165, 1.54) is 19.1 Å². The highest BCUT2D eigenvalue weighted by atomic mass is 79.9. The third-order valence-corrected chi connectivity index (χ3v) is 5.55. The number of carbonyl (C=O) groups excluding carboxylic acids is 1. The van der Waals surface area contributed by atoms with Crippen LogP contribution in [0.15, 0.2) is 51.8 Å². The molecule has 23 heavy (non-hydrogen) atoms. The Morgan fingerprint density at radius 3 is 2.57 bits per heavy atom. The van der Waals surface area contributed by atoms with Crippen molar-refractivity contribution in [3.05, 3.63) is 52.5 Å². The zero-order valence-corrected chi connectivity index (χ0v) is 14.8. The van der Waals surface area contributed by atoms with Crippen molar-refractivity contribution >= 4 is 43.2 Å². The first-order valence-corrected chi connectivity index (χ1v) is 9.34. The molecule has 0 fully saturated rings. The van der Waals surface area contributed by atoms with Crippen LogP contribution in [0.4, 0.5) is 11.4 Å². The molecule has 0 saturated carbocycles. The molecular formula is C16H15BrN2O3S. The van der Waals surface area contributed by atoms with Gasteiger partial charge < -0.3 is 4.90 Å². The predicted molar refractivity (Wildman–Crippen MR) is 93.1 cm³/mol. The van der Waals surface area contributed by atoms with E-state index in [0.29, 0.717) is 24.3 Å². The van der Waals surface area contributed by atoms with Gasteiger partial charge in [-0.1, -0.05) is 34.1 Å². The first-order valence-electron chi connectivity index (χ1n) is 7.07. The smallest absolute Gasteiger partial charge is 0.261 e. The number of rotatable bonds is 3. The Balaban J connectivity index is 2.06. The Labute approximate surface area is 143 Å². The maximum absolute atomic E-state index is 12.6. The van der Waals surface area contributed by atoms with Crippen molar-refractivity contribution < 1.29 is 13.2 Å². The lowest BCUT2D eigenvalue weighted by Crippen LogP contribution is -2.27. The Bertz CT molecular complexity index is 866. The minimum Gasteiger partial charge on any atom is -0.310 e. The second-order valence-electron chi connectivity index (χ2n) is 5.30. The average Bonchev–Trinajstić information content (AvgIpc) is 2.92. The van der Waals surface area contributed by atoms with Gasteiger partial charge in [0.15, 0.2) is 0 Å². The SMILES string of the molecule is CC(=O)N1CCc2cc(Br)cc(NS(=O)(=O)c3ccccc3)c21. The highest BCUT2D eigenvalue weighted by molar-refractivity contribution is 9.10. The Kier molecular flexibility index (Phi) is 4.16. The van der Waals surface area contributed by atoms with Gasteiger partial charge in [-0.25, -0.2) is 8.42 Å². The molecule has 0 aromatic heterocycles. The summed E-state index contributed by atoms with van der Waals surface area (Å²) in [6, 6.07) is 11.8. The molecule has 0 bridgehead atoms. The van der Waals surface area contributed by atoms with E-state index >= 15 is 0 Å². The third-order valence-electron chi connectivity index (χ3n) is 3.71. The number of benzene rings is 2. The van der Waals surface area contributed by atoms with Gasteiger partial charge in [-0.05, 0) is 36.2 Å². The molecule has 0 unspecified atom stereocenters. The molecule has 0 atom stereocenters. The normalized spacial score (nSPS) is 13.7. The second kappa shape index (κ2) is 5.98. The summed E-state index contributed by atoms with van der Waals surface area (Å²) in [5.74, 6) is -0.105. The van der Waals surface area contributed by atoms with Crippen LogP contribution in [0.25, 0.3) is 0 Å². The number of carbonyl (C=O) groups is 1. The van der Waals surface area contributed by atoms with E-state index in [9.17, 15) is 13.2 Å². The van der Waals surface area contributed by atoms with Crippen molar-refractivity contribution in [3.8, 4) is 0 Å². The van der Waals surface area contributed by atoms with Crippen LogP contribution in [0.3, 0.4) is 0 Å². The first-order chi connectivity index (χ1) is 10.9. The molecule has 0 spiro atoms. The zero-order valence-electron chi connectivity index (χ0n) is 12.4. The molecule has 7 heteroatoms. The van der Waals surface area contributed by atoms with Crippen molar-refractivity contribution in [2.24, 2.45) is 0 Å². The van der Waals surface area contributed by atoms with Crippen LogP contribution in [0, 0.1) is 0 Å². The molecule has 120 valence electrons. The number of fused-ring (bicyclic) bond motifs is 1. The van der Waals surface area contributed by atoms with E-state index in [1.807, 2.05) is 6.07 Å². The summed E-state index contributed by atoms with van der Waals surface area (Å²) in [7, 11) is -3.71. The van der Waals surface area contributed by atoms with Crippen LogP contribution in [0.5, 0.6) is 0 Å². The van der Waals surface area contributed by atoms with Crippen LogP contribution in [-0.2, 0) is 21.2 Å². The van der Waals surface area contributed by atoms with Gasteiger partial charge in [0.2, 0.25) is 5.91 Å². The largest absolute Gasteiger partial charge is 0.310 e. The lowest BCUT2D eigenvalue weighted by atomic mass is 10.1. The van der Waals surface area contributed by atoms with Gasteiger partial charge >= 0.3 is 0 Å². The monoisotopic (exact) mass is 394 g/mol. The summed E-state index contributed by atoms with van der Waals surface area (Å²) in [5, 5.41) is 0. The van der Waals surface area contributed by atoms with Crippen molar-refractivity contribution in [1.29, 1.82) is 0 Å². The second-order valence-corrected chi connectivity index (χ2v) is 7.90. The number of halogens is 1. The number of amides is 1. The lowest BCUT2D eigenvalue weighted by molar-refractivity contribution is -0.116. The molecule has 2 aromatic rings. The van der Waals surface area contributed by atoms with Gasteiger partial charge in [0.1, 0.15) is 0 Å². The highest BCUT2D eigenvalue weighted by Crippen LogP contribution is 2.39. The summed E-state index contributed by atoms with van der Waals surface area (Å²) < 4.78 is 28.5. The molecule has 0 saturated heterocycles. The summed E-state index contributed by atoms with van der Waals surface area (Å²) in [5.41, 5.74) is 1.99. The molecule has 0 aliphatic carbocycles. The molecule has 1 aliphatic heterocycles. The average molecular weight is 395 g/mol. The van der Waals surface area contributed by atoms with E-state index in [-0.39, 0.29) is 10.8 Å². The maximum Gasteiger partial charge on any atom is 0.261 e. The van der Waals surface area contributed by atoms with Gasteiger partial charge in [0.05, 0.1) is 16.3 Å². The lowest BCUT2D eigenvalue weighted by Gasteiger charge is -2.20. The molecule has 0 radical (unpaired) electrons. The van der Waals surface area contributed by atoms with Gasteiger partial charge in [0.25, 0.3) is 10.0 Å². The van der Waals surface area contributed by atoms with Gasteiger partial charge in [-0.2, -0.15) is 0 Å². The molecule has 1 amide bonds. The predicted octanol–water partition coefficient (Wildman–Crippen LogP) is 3.16. The quantitative estimate of drug-likeness (QED) is 0.868. The fourth-order valence-electron chi connectivity index (χ4n) is 2.71. The molecular weight excluding hydrogens is 380 g/mol. The molecule has 1 heterocycles. The number of nitrogens with one attached hydrogen (secondary N) is 1. The van der Waals surface area contributed by atoms with E-state index in [0.717, 1.165) is 10.0 Å². The van der Waals surface area contributed by atoms with E-state index in [4.69, 9.17) is 0 Å². The maximum atomic E-state index is 12.6. The van der Waals surface area contributed by atoms with Crippen molar-refractivity contribution in [2.75, 3.05) is 16.2 Å². The molecule has 2 aromatic carbocycles. The number of sulfonamides is 1. The van der Waals surface area contributed by atoms with Crippen LogP contribution < -0.4 is 9.62 Å². The third kappa shape index (κ3) is 3.11. The standard InChI is InChI=1S/C16H15BrN2O3S/c1-11(20)19-8-7-12-9-13(17)10-15(16(12)19)18-23(21,22)14-5-3-2-4-6-14/h2-6,9-10,18H,7-8H2,1H3. The zero-order chi connectivity index (χ0) is 16.6. The minimum absolute atomic E-state index is 0.105. The number of hydrogen-bond donors (Lipinski definition) is 1. The molecule has 1 N–H and O–H groups in total. The molecule has 5 nitrogen and oxygen atoms in total. The van der Waals surface area contributed by atoms with Crippen molar-refractivity contribution in [1.82, 2.24) is 0 Å². The van der Waals surface area contributed by atoms with Crippen LogP contribution in [0.2, 0.25) is 0 Å². The summed E-state index contributed by atoms with van der Waals surface area (Å²) in [6.45, 7) is 2.04. The summed E-state index contributed by atoms with van der Waals surface area (Å²) >= 11 is 3.40. The van der Waals surface area contributed by atoms with Gasteiger partial charge in [0, 0.05) is 17.9 Å². The van der Waals surface area contributed by atoms with E-state index in [2.05, 4.69) is 20.7 Å². The van der Waals surface area contributed by atoms with E-state index < -0.39 is 10.0 Å². The Morgan fingerprint density at radius 1 is 1.22 bits per heavy atom. The number of hydrogen-bond acceptors (Lipinski definition) is 3. The fourth-order valence-corrected chi connectivity index (χ4v) is 4.29. The van der Waals surface area contributed by atoms with Crippen LogP contribution in [0.1, 0.15) is 12.5 Å². The highest BCUT2D eigenvalue weighted by Gasteiger charge is 2.28. The first kappa shape index (κ1) is 16.0. The minimum atomic E-state index is -3.71. The van der Waals surface area contributed by atoms with Crippen molar-refractivity contribution in [3.63, 3.8) is 0 Å². The van der Waals surface area contributed by atoms with Gasteiger partial charge in [-0.15, -0.1) is 0 Å². The van der Waals surface area contributed by atoms with Crippen molar-refractivity contribution in [2.45, 2.75) is 18.2 Å². The number of nitrogens with zero attached hydrogens (tertiary/aromatic N) is 1. The number of anilines is 2. The van der Waals surface area contributed by atoms with Crippen LogP contribution >= 0.6 is 15.9 Å². The Morgan fingerprint density at radius 2 is 1.91 bits per heavy atom. The summed E-state index contributed by atoms with van der Waals surface area (Å²) in [4.78, 5) is 13.6. The molecule has 1 aliphatic rings. The van der Waals surface area contributed by atoms with Gasteiger partial charge in [-0.3, -0.25) is 9.52 Å². The molecule has 3 rings (SSSR count). The summed E-state index contributed by atoms with van der Waals surface area (Å²) in [6.07, 6.45) is 0.703. The van der Waals surface area contributed by atoms with Crippen LogP contribution in [-0.4, -0.2) is 20.9 Å². The fraction of sp³-hybridized carbons (Fsp3) is 0.188. The topological polar surface area (TPSA) is 66.5 Å². The van der Waals surface area contributed by atoms with E-state index in [1.54, 1.807) is 29.2 Å². The Hall–Kier alpha value is -1.86.